The molecule has 1 atom stereocenters. The molecule has 0 spiro atoms. The first kappa shape index (κ1) is 19.3. The summed E-state index contributed by atoms with van der Waals surface area (Å²) in [5, 5.41) is 2.21. The molecule has 0 amide bonds. The van der Waals surface area contributed by atoms with Crippen LogP contribution in [0.15, 0.2) is 91.0 Å². The summed E-state index contributed by atoms with van der Waals surface area (Å²) >= 11 is 0. The average Bonchev–Trinajstić information content (AvgIpc) is 2.72. The minimum atomic E-state index is -4.35. The molecule has 29 heavy (non-hydrogen) atoms. The first-order chi connectivity index (χ1) is 13.9. The van der Waals surface area contributed by atoms with Gasteiger partial charge in [-0.3, -0.25) is 0 Å². The van der Waals surface area contributed by atoms with Gasteiger partial charge in [-0.15, -0.1) is 0 Å². The molecular weight excluding hydrogens is 369 g/mol. The maximum atomic E-state index is 13.3. The molecule has 0 aliphatic heterocycles. The summed E-state index contributed by atoms with van der Waals surface area (Å²) in [7, 11) is 0. The van der Waals surface area contributed by atoms with Crippen LogP contribution in [0, 0.1) is 6.92 Å². The molecule has 0 N–H and O–H groups in total. The van der Waals surface area contributed by atoms with E-state index < -0.39 is 11.7 Å². The van der Waals surface area contributed by atoms with Gasteiger partial charge in [-0.25, -0.2) is 0 Å². The highest BCUT2D eigenvalue weighted by Gasteiger charge is 2.31. The van der Waals surface area contributed by atoms with Crippen molar-refractivity contribution in [3.05, 3.63) is 119 Å². The van der Waals surface area contributed by atoms with E-state index in [0.29, 0.717) is 12.0 Å². The van der Waals surface area contributed by atoms with Crippen LogP contribution in [0.4, 0.5) is 13.2 Å². The van der Waals surface area contributed by atoms with E-state index in [9.17, 15) is 13.2 Å². The lowest BCUT2D eigenvalue weighted by molar-refractivity contribution is -0.137. The Hall–Kier alpha value is -3.07. The lowest BCUT2D eigenvalue weighted by Crippen LogP contribution is -2.09. The third kappa shape index (κ3) is 4.34. The van der Waals surface area contributed by atoms with Crippen LogP contribution < -0.4 is 0 Å². The van der Waals surface area contributed by atoms with E-state index in [4.69, 9.17) is 0 Å². The largest absolute Gasteiger partial charge is 0.416 e. The molecule has 0 nitrogen and oxygen atoms in total. The molecule has 0 bridgehead atoms. The first-order valence-corrected chi connectivity index (χ1v) is 9.61. The van der Waals surface area contributed by atoms with E-state index in [2.05, 4.69) is 18.2 Å². The number of halogens is 3. The van der Waals surface area contributed by atoms with Crippen LogP contribution >= 0.6 is 0 Å². The normalized spacial score (nSPS) is 12.8. The molecule has 0 aliphatic rings. The van der Waals surface area contributed by atoms with Crippen LogP contribution in [0.25, 0.3) is 10.8 Å². The monoisotopic (exact) mass is 390 g/mol. The second-order valence-electron chi connectivity index (χ2n) is 7.47. The van der Waals surface area contributed by atoms with Crippen LogP contribution in [0.2, 0.25) is 0 Å². The minimum absolute atomic E-state index is 0.162. The van der Waals surface area contributed by atoms with Gasteiger partial charge >= 0.3 is 6.18 Å². The molecule has 0 fully saturated rings. The molecule has 4 aromatic carbocycles. The van der Waals surface area contributed by atoms with Gasteiger partial charge in [0, 0.05) is 5.92 Å². The van der Waals surface area contributed by atoms with E-state index in [1.54, 1.807) is 6.07 Å². The highest BCUT2D eigenvalue weighted by molar-refractivity contribution is 5.83. The summed E-state index contributed by atoms with van der Waals surface area (Å²) < 4.78 is 39.9. The number of benzene rings is 4. The number of fused-ring (bicyclic) bond motifs is 1. The Bertz CT molecular complexity index is 1120. The highest BCUT2D eigenvalue weighted by atomic mass is 19.4. The van der Waals surface area contributed by atoms with Gasteiger partial charge in [0.25, 0.3) is 0 Å². The summed E-state index contributed by atoms with van der Waals surface area (Å²) in [6, 6.07) is 28.1. The molecule has 0 radical (unpaired) electrons. The maximum Gasteiger partial charge on any atom is 0.416 e. The van der Waals surface area contributed by atoms with Gasteiger partial charge in [0.2, 0.25) is 0 Å². The molecule has 0 saturated heterocycles. The third-order valence-electron chi connectivity index (χ3n) is 5.35. The van der Waals surface area contributed by atoms with Crippen LogP contribution in [-0.2, 0) is 12.6 Å². The van der Waals surface area contributed by atoms with E-state index in [1.165, 1.54) is 12.1 Å². The Labute approximate surface area is 168 Å². The topological polar surface area (TPSA) is 0 Å². The van der Waals surface area contributed by atoms with Crippen molar-refractivity contribution >= 4 is 10.8 Å². The van der Waals surface area contributed by atoms with Crippen molar-refractivity contribution in [3.63, 3.8) is 0 Å². The van der Waals surface area contributed by atoms with Crippen molar-refractivity contribution in [2.45, 2.75) is 25.4 Å². The standard InChI is InChI=1S/C26H21F3/c1-18-9-11-19(12-10-18)15-25(22-7-4-8-24(17-22)26(27,28)29)23-14-13-20-5-2-3-6-21(20)16-23/h2-14,16-17,25H,15H2,1H3. The van der Waals surface area contributed by atoms with Gasteiger partial charge in [0.05, 0.1) is 5.56 Å². The van der Waals surface area contributed by atoms with E-state index in [-0.39, 0.29) is 5.92 Å². The van der Waals surface area contributed by atoms with Crippen molar-refractivity contribution in [2.24, 2.45) is 0 Å². The Morgan fingerprint density at radius 3 is 2.10 bits per heavy atom. The fourth-order valence-corrected chi connectivity index (χ4v) is 3.74. The summed E-state index contributed by atoms with van der Waals surface area (Å²) in [4.78, 5) is 0. The van der Waals surface area contributed by atoms with Crippen LogP contribution in [0.1, 0.15) is 33.7 Å². The Morgan fingerprint density at radius 2 is 1.38 bits per heavy atom. The summed E-state index contributed by atoms with van der Waals surface area (Å²) in [6.45, 7) is 2.03. The van der Waals surface area contributed by atoms with Crippen LogP contribution in [-0.4, -0.2) is 0 Å². The first-order valence-electron chi connectivity index (χ1n) is 9.61. The summed E-state index contributed by atoms with van der Waals surface area (Å²) in [5.41, 5.74) is 3.35. The lowest BCUT2D eigenvalue weighted by Gasteiger charge is -2.20. The molecule has 146 valence electrons. The number of hydrogen-bond donors (Lipinski definition) is 0. The molecule has 0 aliphatic carbocycles. The van der Waals surface area contributed by atoms with Gasteiger partial charge in [-0.1, -0.05) is 90.5 Å². The Balaban J connectivity index is 1.81. The van der Waals surface area contributed by atoms with Crippen molar-refractivity contribution in [2.75, 3.05) is 0 Å². The average molecular weight is 390 g/mol. The quantitative estimate of drug-likeness (QED) is 0.338. The fraction of sp³-hybridized carbons (Fsp3) is 0.154. The number of hydrogen-bond acceptors (Lipinski definition) is 0. The Kier molecular flexibility index (Phi) is 5.14. The minimum Gasteiger partial charge on any atom is -0.166 e. The van der Waals surface area contributed by atoms with Gasteiger partial charge in [-0.2, -0.15) is 13.2 Å². The van der Waals surface area contributed by atoms with Crippen molar-refractivity contribution in [1.82, 2.24) is 0 Å². The van der Waals surface area contributed by atoms with Crippen LogP contribution in [0.3, 0.4) is 0 Å². The van der Waals surface area contributed by atoms with Crippen molar-refractivity contribution in [3.8, 4) is 0 Å². The predicted molar refractivity (Wildman–Crippen MR) is 112 cm³/mol. The van der Waals surface area contributed by atoms with Crippen LogP contribution in [0.5, 0.6) is 0 Å². The smallest absolute Gasteiger partial charge is 0.166 e. The molecule has 3 heteroatoms. The maximum absolute atomic E-state index is 13.3. The fourth-order valence-electron chi connectivity index (χ4n) is 3.74. The van der Waals surface area contributed by atoms with E-state index >= 15 is 0 Å². The number of aryl methyl sites for hydroxylation is 1. The highest BCUT2D eigenvalue weighted by Crippen LogP contribution is 2.35. The molecule has 4 rings (SSSR count). The van der Waals surface area contributed by atoms with E-state index in [0.717, 1.165) is 33.5 Å². The third-order valence-corrected chi connectivity index (χ3v) is 5.35. The zero-order valence-corrected chi connectivity index (χ0v) is 16.1. The molecular formula is C26H21F3. The molecule has 1 unspecified atom stereocenters. The predicted octanol–water partition coefficient (Wildman–Crippen LogP) is 7.54. The zero-order valence-electron chi connectivity index (χ0n) is 16.1. The molecule has 0 saturated carbocycles. The van der Waals surface area contributed by atoms with Gasteiger partial charge in [-0.05, 0) is 46.9 Å². The second kappa shape index (κ2) is 7.75. The molecule has 0 aromatic heterocycles. The van der Waals surface area contributed by atoms with E-state index in [1.807, 2.05) is 55.5 Å². The number of alkyl halides is 3. The van der Waals surface area contributed by atoms with Gasteiger partial charge in [0.1, 0.15) is 0 Å². The van der Waals surface area contributed by atoms with Crippen molar-refractivity contribution < 1.29 is 13.2 Å². The lowest BCUT2D eigenvalue weighted by atomic mass is 9.84. The van der Waals surface area contributed by atoms with Gasteiger partial charge < -0.3 is 0 Å². The molecule has 0 heterocycles. The van der Waals surface area contributed by atoms with Crippen molar-refractivity contribution in [1.29, 1.82) is 0 Å². The SMILES string of the molecule is Cc1ccc(CC(c2cccc(C(F)(F)F)c2)c2ccc3ccccc3c2)cc1. The number of rotatable bonds is 4. The zero-order chi connectivity index (χ0) is 20.4. The molecule has 4 aromatic rings. The summed E-state index contributed by atoms with van der Waals surface area (Å²) in [6.07, 6.45) is -3.71. The summed E-state index contributed by atoms with van der Waals surface area (Å²) in [5.74, 6) is -0.162. The van der Waals surface area contributed by atoms with Gasteiger partial charge in [0.15, 0.2) is 0 Å². The second-order valence-corrected chi connectivity index (χ2v) is 7.47. The Morgan fingerprint density at radius 1 is 0.690 bits per heavy atom.